The van der Waals surface area contributed by atoms with Crippen LogP contribution in [0.15, 0.2) is 59.5 Å². The van der Waals surface area contributed by atoms with Crippen LogP contribution in [0, 0.1) is 0 Å². The second-order valence-electron chi connectivity index (χ2n) is 3.70. The normalized spacial score (nSPS) is 11.3. The van der Waals surface area contributed by atoms with E-state index < -0.39 is 10.1 Å². The van der Waals surface area contributed by atoms with E-state index in [0.717, 1.165) is 5.56 Å². The number of benzene rings is 2. The number of rotatable bonds is 4. The summed E-state index contributed by atoms with van der Waals surface area (Å²) in [6.07, 6.45) is 0. The molecule has 0 aromatic heterocycles. The molecule has 0 aliphatic heterocycles. The maximum absolute atomic E-state index is 11.8. The molecule has 0 bridgehead atoms. The highest BCUT2D eigenvalue weighted by atomic mass is 32.2. The Kier molecular flexibility index (Phi) is 3.64. The summed E-state index contributed by atoms with van der Waals surface area (Å²) in [7, 11) is -3.79. The summed E-state index contributed by atoms with van der Waals surface area (Å²) >= 11 is 0. The van der Waals surface area contributed by atoms with Crippen LogP contribution in [-0.4, -0.2) is 13.5 Å². The molecule has 5 heteroatoms. The Morgan fingerprint density at radius 3 is 2.17 bits per heavy atom. The molecule has 4 nitrogen and oxygen atoms in total. The predicted octanol–water partition coefficient (Wildman–Crippen LogP) is 2.30. The van der Waals surface area contributed by atoms with E-state index in [1.165, 1.54) is 24.3 Å². The van der Waals surface area contributed by atoms with Crippen LogP contribution in [0.1, 0.15) is 5.56 Å². The van der Waals surface area contributed by atoms with Crippen molar-refractivity contribution in [2.75, 3.05) is 0 Å². The molecule has 2 rings (SSSR count). The topological polar surface area (TPSA) is 63.6 Å². The number of hydrogen-bond acceptors (Lipinski definition) is 4. The Morgan fingerprint density at radius 2 is 1.56 bits per heavy atom. The fraction of sp³-hybridized carbons (Fsp3) is 0.0769. The third-order valence-corrected chi connectivity index (χ3v) is 3.63. The first kappa shape index (κ1) is 12.6. The minimum atomic E-state index is -3.79. The van der Waals surface area contributed by atoms with Gasteiger partial charge >= 0.3 is 0 Å². The van der Waals surface area contributed by atoms with Gasteiger partial charge in [0.1, 0.15) is 5.75 Å². The Hall–Kier alpha value is -1.85. The van der Waals surface area contributed by atoms with Gasteiger partial charge in [0.15, 0.2) is 0 Å². The van der Waals surface area contributed by atoms with Crippen LogP contribution in [-0.2, 0) is 20.9 Å². The fourth-order valence-electron chi connectivity index (χ4n) is 1.40. The summed E-state index contributed by atoms with van der Waals surface area (Å²) in [4.78, 5) is 0.0243. The average Bonchev–Trinajstić information content (AvgIpc) is 2.38. The van der Waals surface area contributed by atoms with Crippen LogP contribution < -0.4 is 0 Å². The van der Waals surface area contributed by atoms with Crippen LogP contribution in [0.25, 0.3) is 0 Å². The minimum absolute atomic E-state index is 0.00987. The summed E-state index contributed by atoms with van der Waals surface area (Å²) in [5, 5.41) is 9.09. The Balaban J connectivity index is 2.11. The van der Waals surface area contributed by atoms with Crippen LogP contribution in [0.5, 0.6) is 5.75 Å². The first-order chi connectivity index (χ1) is 8.58. The smallest absolute Gasteiger partial charge is 0.297 e. The summed E-state index contributed by atoms with van der Waals surface area (Å²) in [5.41, 5.74) is 0.778. The third kappa shape index (κ3) is 3.09. The molecule has 0 heterocycles. The van der Waals surface area contributed by atoms with Gasteiger partial charge in [-0.15, -0.1) is 0 Å². The van der Waals surface area contributed by atoms with Gasteiger partial charge in [0.25, 0.3) is 10.1 Å². The molecule has 0 saturated heterocycles. The highest BCUT2D eigenvalue weighted by Gasteiger charge is 2.14. The van der Waals surface area contributed by atoms with Crippen LogP contribution in [0.3, 0.4) is 0 Å². The fourth-order valence-corrected chi connectivity index (χ4v) is 2.30. The zero-order valence-electron chi connectivity index (χ0n) is 9.48. The molecule has 0 aliphatic rings. The van der Waals surface area contributed by atoms with Crippen molar-refractivity contribution in [3.63, 3.8) is 0 Å². The van der Waals surface area contributed by atoms with E-state index in [2.05, 4.69) is 0 Å². The van der Waals surface area contributed by atoms with Gasteiger partial charge in [0, 0.05) is 0 Å². The van der Waals surface area contributed by atoms with E-state index >= 15 is 0 Å². The zero-order chi connectivity index (χ0) is 13.0. The Bertz CT molecular complexity index is 603. The second-order valence-corrected chi connectivity index (χ2v) is 5.31. The molecular weight excluding hydrogens is 252 g/mol. The maximum Gasteiger partial charge on any atom is 0.297 e. The van der Waals surface area contributed by atoms with E-state index in [0.29, 0.717) is 0 Å². The van der Waals surface area contributed by atoms with Crippen LogP contribution >= 0.6 is 0 Å². The van der Waals surface area contributed by atoms with Gasteiger partial charge in [-0.3, -0.25) is 4.18 Å². The molecule has 94 valence electrons. The first-order valence-electron chi connectivity index (χ1n) is 5.30. The number of phenols is 1. The lowest BCUT2D eigenvalue weighted by Crippen LogP contribution is -2.06. The van der Waals surface area contributed by atoms with E-state index in [1.807, 2.05) is 18.2 Å². The molecule has 0 radical (unpaired) electrons. The molecule has 2 aromatic rings. The summed E-state index contributed by atoms with van der Waals surface area (Å²) < 4.78 is 28.6. The largest absolute Gasteiger partial charge is 0.508 e. The van der Waals surface area contributed by atoms with Gasteiger partial charge in [-0.1, -0.05) is 30.3 Å². The van der Waals surface area contributed by atoms with Crippen molar-refractivity contribution in [2.24, 2.45) is 0 Å². The number of hydrogen-bond donors (Lipinski definition) is 1. The molecule has 18 heavy (non-hydrogen) atoms. The van der Waals surface area contributed by atoms with Crippen molar-refractivity contribution >= 4 is 10.1 Å². The van der Waals surface area contributed by atoms with Gasteiger partial charge in [-0.05, 0) is 29.8 Å². The van der Waals surface area contributed by atoms with Gasteiger partial charge in [0.05, 0.1) is 11.5 Å². The van der Waals surface area contributed by atoms with Crippen molar-refractivity contribution in [3.05, 3.63) is 60.2 Å². The third-order valence-electron chi connectivity index (χ3n) is 2.35. The Labute approximate surface area is 106 Å². The molecule has 0 saturated carbocycles. The molecule has 0 atom stereocenters. The molecule has 0 unspecified atom stereocenters. The molecule has 0 spiro atoms. The van der Waals surface area contributed by atoms with Crippen LogP contribution in [0.2, 0.25) is 0 Å². The Morgan fingerprint density at radius 1 is 0.944 bits per heavy atom. The van der Waals surface area contributed by atoms with Gasteiger partial charge in [0.2, 0.25) is 0 Å². The van der Waals surface area contributed by atoms with Crippen molar-refractivity contribution < 1.29 is 17.7 Å². The van der Waals surface area contributed by atoms with E-state index in [9.17, 15) is 8.42 Å². The van der Waals surface area contributed by atoms with Gasteiger partial charge in [-0.2, -0.15) is 8.42 Å². The highest BCUT2D eigenvalue weighted by molar-refractivity contribution is 7.86. The summed E-state index contributed by atoms with van der Waals surface area (Å²) in [6.45, 7) is -0.00987. The molecular formula is C13H12O4S. The lowest BCUT2D eigenvalue weighted by Gasteiger charge is -2.05. The standard InChI is InChI=1S/C13H12O4S/c14-12-6-8-13(9-7-12)18(15,16)17-10-11-4-2-1-3-5-11/h1-9,14H,10H2. The van der Waals surface area contributed by atoms with Crippen molar-refractivity contribution in [3.8, 4) is 5.75 Å². The molecule has 2 aromatic carbocycles. The predicted molar refractivity (Wildman–Crippen MR) is 66.5 cm³/mol. The SMILES string of the molecule is O=S(=O)(OCc1ccccc1)c1ccc(O)cc1. The lowest BCUT2D eigenvalue weighted by molar-refractivity contribution is 0.308. The molecule has 0 aliphatic carbocycles. The van der Waals surface area contributed by atoms with Gasteiger partial charge in [-0.25, -0.2) is 0 Å². The highest BCUT2D eigenvalue weighted by Crippen LogP contribution is 2.17. The summed E-state index contributed by atoms with van der Waals surface area (Å²) in [6, 6.07) is 14.2. The number of phenolic OH excluding ortho intramolecular Hbond substituents is 1. The second kappa shape index (κ2) is 5.20. The minimum Gasteiger partial charge on any atom is -0.508 e. The summed E-state index contributed by atoms with van der Waals surface area (Å²) in [5.74, 6) is 0.0111. The zero-order valence-corrected chi connectivity index (χ0v) is 10.3. The van der Waals surface area contributed by atoms with Crippen molar-refractivity contribution in [1.82, 2.24) is 0 Å². The monoisotopic (exact) mass is 264 g/mol. The molecule has 0 fully saturated rings. The van der Waals surface area contributed by atoms with E-state index in [1.54, 1.807) is 12.1 Å². The quantitative estimate of drug-likeness (QED) is 0.861. The van der Waals surface area contributed by atoms with E-state index in [-0.39, 0.29) is 17.3 Å². The molecule has 1 N–H and O–H groups in total. The van der Waals surface area contributed by atoms with Crippen LogP contribution in [0.4, 0.5) is 0 Å². The van der Waals surface area contributed by atoms with Crippen molar-refractivity contribution in [1.29, 1.82) is 0 Å². The number of aromatic hydroxyl groups is 1. The van der Waals surface area contributed by atoms with Gasteiger partial charge < -0.3 is 5.11 Å². The molecule has 0 amide bonds. The van der Waals surface area contributed by atoms with Crippen molar-refractivity contribution in [2.45, 2.75) is 11.5 Å². The first-order valence-corrected chi connectivity index (χ1v) is 6.71. The maximum atomic E-state index is 11.8. The average molecular weight is 264 g/mol. The lowest BCUT2D eigenvalue weighted by atomic mass is 10.2. The van der Waals surface area contributed by atoms with E-state index in [4.69, 9.17) is 9.29 Å².